The third kappa shape index (κ3) is 3.20. The number of alkyl halides is 1. The first-order chi connectivity index (χ1) is 6.11. The van der Waals surface area contributed by atoms with Crippen molar-refractivity contribution in [2.75, 3.05) is 5.32 Å². The van der Waals surface area contributed by atoms with E-state index in [1.54, 1.807) is 12.1 Å². The highest BCUT2D eigenvalue weighted by molar-refractivity contribution is 6.29. The van der Waals surface area contributed by atoms with Crippen molar-refractivity contribution >= 4 is 34.8 Å². The van der Waals surface area contributed by atoms with Crippen molar-refractivity contribution < 1.29 is 4.79 Å². The minimum Gasteiger partial charge on any atom is -0.326 e. The fraction of sp³-hybridized carbons (Fsp3) is 0.250. The third-order valence-corrected chi connectivity index (χ3v) is 1.77. The number of carbonyl (C=O) groups excluding carboxylic acids is 1. The monoisotopic (exact) mass is 218 g/mol. The number of pyridine rings is 1. The molecule has 0 radical (unpaired) electrons. The molecule has 5 heteroatoms. The highest BCUT2D eigenvalue weighted by Crippen LogP contribution is 2.16. The second kappa shape index (κ2) is 4.44. The van der Waals surface area contributed by atoms with Gasteiger partial charge in [-0.2, -0.15) is 0 Å². The van der Waals surface area contributed by atoms with E-state index in [-0.39, 0.29) is 11.8 Å². The molecule has 1 N–H and O–H groups in total. The third-order valence-electron chi connectivity index (χ3n) is 1.30. The van der Waals surface area contributed by atoms with E-state index in [0.29, 0.717) is 16.5 Å². The van der Waals surface area contributed by atoms with Crippen LogP contribution >= 0.6 is 23.2 Å². The SMILES string of the molecule is CC(=O)Nc1cc(Cl)nc(CCl)c1. The zero-order valence-electron chi connectivity index (χ0n) is 6.97. The Morgan fingerprint density at radius 3 is 2.85 bits per heavy atom. The van der Waals surface area contributed by atoms with Crippen LogP contribution in [0.15, 0.2) is 12.1 Å². The molecule has 0 bridgehead atoms. The molecule has 0 aliphatic carbocycles. The van der Waals surface area contributed by atoms with Crippen LogP contribution in [0.4, 0.5) is 5.69 Å². The van der Waals surface area contributed by atoms with Gasteiger partial charge in [-0.1, -0.05) is 11.6 Å². The Labute approximate surface area is 86.1 Å². The van der Waals surface area contributed by atoms with E-state index < -0.39 is 0 Å². The minimum atomic E-state index is -0.150. The summed E-state index contributed by atoms with van der Waals surface area (Å²) in [4.78, 5) is 14.7. The summed E-state index contributed by atoms with van der Waals surface area (Å²) >= 11 is 11.3. The summed E-state index contributed by atoms with van der Waals surface area (Å²) in [6, 6.07) is 3.25. The first kappa shape index (κ1) is 10.3. The highest BCUT2D eigenvalue weighted by atomic mass is 35.5. The van der Waals surface area contributed by atoms with Crippen LogP contribution in [0.1, 0.15) is 12.6 Å². The molecule has 3 nitrogen and oxygen atoms in total. The maximum absolute atomic E-state index is 10.7. The van der Waals surface area contributed by atoms with Gasteiger partial charge in [0.25, 0.3) is 0 Å². The predicted molar refractivity (Wildman–Crippen MR) is 53.1 cm³/mol. The average Bonchev–Trinajstić information content (AvgIpc) is 2.01. The van der Waals surface area contributed by atoms with Gasteiger partial charge in [0.05, 0.1) is 11.6 Å². The Morgan fingerprint density at radius 1 is 1.62 bits per heavy atom. The average molecular weight is 219 g/mol. The Bertz CT molecular complexity index is 328. The lowest BCUT2D eigenvalue weighted by Crippen LogP contribution is -2.06. The summed E-state index contributed by atoms with van der Waals surface area (Å²) in [5.74, 6) is 0.121. The lowest BCUT2D eigenvalue weighted by molar-refractivity contribution is -0.114. The van der Waals surface area contributed by atoms with E-state index >= 15 is 0 Å². The van der Waals surface area contributed by atoms with Gasteiger partial charge >= 0.3 is 0 Å². The molecule has 0 unspecified atom stereocenters. The smallest absolute Gasteiger partial charge is 0.221 e. The number of hydrogen-bond acceptors (Lipinski definition) is 2. The second-order valence-corrected chi connectivity index (χ2v) is 3.14. The van der Waals surface area contributed by atoms with Crippen molar-refractivity contribution in [1.29, 1.82) is 0 Å². The van der Waals surface area contributed by atoms with Crippen molar-refractivity contribution in [3.8, 4) is 0 Å². The maximum Gasteiger partial charge on any atom is 0.221 e. The van der Waals surface area contributed by atoms with Gasteiger partial charge in [0, 0.05) is 12.6 Å². The Kier molecular flexibility index (Phi) is 3.51. The molecule has 0 aromatic carbocycles. The zero-order chi connectivity index (χ0) is 9.84. The molecular weight excluding hydrogens is 211 g/mol. The number of nitrogens with zero attached hydrogens (tertiary/aromatic N) is 1. The minimum absolute atomic E-state index is 0.150. The number of hydrogen-bond donors (Lipinski definition) is 1. The van der Waals surface area contributed by atoms with Crippen LogP contribution in [0, 0.1) is 0 Å². The Morgan fingerprint density at radius 2 is 2.31 bits per heavy atom. The molecule has 0 fully saturated rings. The first-order valence-electron chi connectivity index (χ1n) is 3.62. The van der Waals surface area contributed by atoms with E-state index in [1.807, 2.05) is 0 Å². The number of amides is 1. The largest absolute Gasteiger partial charge is 0.326 e. The van der Waals surface area contributed by atoms with Crippen molar-refractivity contribution in [3.05, 3.63) is 23.0 Å². The van der Waals surface area contributed by atoms with Crippen molar-refractivity contribution in [1.82, 2.24) is 4.98 Å². The van der Waals surface area contributed by atoms with E-state index in [2.05, 4.69) is 10.3 Å². The molecule has 0 aliphatic heterocycles. The summed E-state index contributed by atoms with van der Waals surface area (Å²) in [5, 5.41) is 2.92. The molecule has 0 aliphatic rings. The molecule has 13 heavy (non-hydrogen) atoms. The molecule has 1 aromatic heterocycles. The molecule has 0 spiro atoms. The number of anilines is 1. The van der Waals surface area contributed by atoms with Crippen LogP contribution in [-0.2, 0) is 10.7 Å². The summed E-state index contributed by atoms with van der Waals surface area (Å²) < 4.78 is 0. The number of carbonyl (C=O) groups is 1. The molecule has 1 rings (SSSR count). The highest BCUT2D eigenvalue weighted by Gasteiger charge is 2.01. The second-order valence-electron chi connectivity index (χ2n) is 2.48. The van der Waals surface area contributed by atoms with Gasteiger partial charge in [-0.05, 0) is 12.1 Å². The van der Waals surface area contributed by atoms with Gasteiger partial charge < -0.3 is 5.32 Å². The molecule has 1 aromatic rings. The van der Waals surface area contributed by atoms with Crippen LogP contribution < -0.4 is 5.32 Å². The molecular formula is C8H8Cl2N2O. The van der Waals surface area contributed by atoms with Crippen LogP contribution in [0.5, 0.6) is 0 Å². The van der Waals surface area contributed by atoms with Gasteiger partial charge in [0.15, 0.2) is 0 Å². The van der Waals surface area contributed by atoms with Crippen LogP contribution in [0.2, 0.25) is 5.15 Å². The maximum atomic E-state index is 10.7. The molecule has 70 valence electrons. The van der Waals surface area contributed by atoms with Gasteiger partial charge in [-0.25, -0.2) is 4.98 Å². The fourth-order valence-electron chi connectivity index (χ4n) is 0.895. The lowest BCUT2D eigenvalue weighted by Gasteiger charge is -2.03. The normalized spacial score (nSPS) is 9.77. The Balaban J connectivity index is 2.94. The quantitative estimate of drug-likeness (QED) is 0.613. The lowest BCUT2D eigenvalue weighted by atomic mass is 10.3. The number of nitrogens with one attached hydrogen (secondary N) is 1. The summed E-state index contributed by atoms with van der Waals surface area (Å²) in [6.07, 6.45) is 0. The number of aromatic nitrogens is 1. The van der Waals surface area contributed by atoms with E-state index in [9.17, 15) is 4.79 Å². The Hall–Kier alpha value is -0.800. The van der Waals surface area contributed by atoms with E-state index in [0.717, 1.165) is 0 Å². The van der Waals surface area contributed by atoms with E-state index in [1.165, 1.54) is 6.92 Å². The standard InChI is InChI=1S/C8H8Cl2N2O/c1-5(13)11-6-2-7(4-9)12-8(10)3-6/h2-3H,4H2,1H3,(H,11,12,13). The molecule has 0 atom stereocenters. The van der Waals surface area contributed by atoms with E-state index in [4.69, 9.17) is 23.2 Å². The van der Waals surface area contributed by atoms with Crippen molar-refractivity contribution in [3.63, 3.8) is 0 Å². The van der Waals surface area contributed by atoms with Crippen molar-refractivity contribution in [2.45, 2.75) is 12.8 Å². The van der Waals surface area contributed by atoms with Crippen molar-refractivity contribution in [2.24, 2.45) is 0 Å². The summed E-state index contributed by atoms with van der Waals surface area (Å²) in [6.45, 7) is 1.43. The number of halogens is 2. The topological polar surface area (TPSA) is 42.0 Å². The number of rotatable bonds is 2. The van der Waals surface area contributed by atoms with Gasteiger partial charge in [-0.3, -0.25) is 4.79 Å². The molecule has 1 heterocycles. The predicted octanol–water partition coefficient (Wildman–Crippen LogP) is 2.43. The first-order valence-corrected chi connectivity index (χ1v) is 4.53. The summed E-state index contributed by atoms with van der Waals surface area (Å²) in [5.41, 5.74) is 1.25. The molecule has 1 amide bonds. The summed E-state index contributed by atoms with van der Waals surface area (Å²) in [7, 11) is 0. The molecule has 0 saturated heterocycles. The van der Waals surface area contributed by atoms with Crippen LogP contribution in [-0.4, -0.2) is 10.9 Å². The molecule has 0 saturated carbocycles. The van der Waals surface area contributed by atoms with Gasteiger partial charge in [0.1, 0.15) is 5.15 Å². The van der Waals surface area contributed by atoms with Crippen LogP contribution in [0.3, 0.4) is 0 Å². The fourth-order valence-corrected chi connectivity index (χ4v) is 1.26. The zero-order valence-corrected chi connectivity index (χ0v) is 8.49. The van der Waals surface area contributed by atoms with Gasteiger partial charge in [-0.15, -0.1) is 11.6 Å². The van der Waals surface area contributed by atoms with Gasteiger partial charge in [0.2, 0.25) is 5.91 Å². The van der Waals surface area contributed by atoms with Crippen LogP contribution in [0.25, 0.3) is 0 Å².